The van der Waals surface area contributed by atoms with Crippen LogP contribution in [0, 0.1) is 0 Å². The molecule has 0 aromatic rings. The van der Waals surface area contributed by atoms with E-state index in [0.717, 1.165) is 6.92 Å². The van der Waals surface area contributed by atoms with Crippen LogP contribution in [-0.4, -0.2) is 46.5 Å². The molecule has 13 heavy (non-hydrogen) atoms. The summed E-state index contributed by atoms with van der Waals surface area (Å²) in [5.41, 5.74) is 0. The van der Waals surface area contributed by atoms with Crippen LogP contribution in [0.3, 0.4) is 0 Å². The summed E-state index contributed by atoms with van der Waals surface area (Å²) in [5.74, 6) is -1.87. The van der Waals surface area contributed by atoms with Gasteiger partial charge in [-0.25, -0.2) is 0 Å². The van der Waals surface area contributed by atoms with Crippen molar-refractivity contribution < 1.29 is 24.9 Å². The molecule has 0 aromatic heterocycles. The van der Waals surface area contributed by atoms with Gasteiger partial charge in [-0.3, -0.25) is 9.59 Å². The highest BCUT2D eigenvalue weighted by Gasteiger charge is 2.19. The highest BCUT2D eigenvalue weighted by atomic mass is 16.4. The van der Waals surface area contributed by atoms with E-state index in [2.05, 4.69) is 5.32 Å². The Balaban J connectivity index is 0. The van der Waals surface area contributed by atoms with Crippen LogP contribution in [0.4, 0.5) is 0 Å². The van der Waals surface area contributed by atoms with Crippen molar-refractivity contribution in [3.8, 4) is 0 Å². The quantitative estimate of drug-likeness (QED) is 0.464. The minimum atomic E-state index is -1.03. The van der Waals surface area contributed by atoms with Crippen molar-refractivity contribution in [2.24, 2.45) is 0 Å². The molecule has 0 aliphatic heterocycles. The molecule has 0 rings (SSSR count). The van der Waals surface area contributed by atoms with Crippen molar-refractivity contribution in [1.29, 1.82) is 0 Å². The van der Waals surface area contributed by atoms with Gasteiger partial charge >= 0.3 is 5.97 Å². The highest BCUT2D eigenvalue weighted by Crippen LogP contribution is 1.89. The van der Waals surface area contributed by atoms with Crippen LogP contribution in [0.25, 0.3) is 0 Å². The Bertz CT molecular complexity index is 164. The zero-order valence-corrected chi connectivity index (χ0v) is 7.81. The van der Waals surface area contributed by atoms with Gasteiger partial charge < -0.3 is 20.6 Å². The maximum atomic E-state index is 10.1. The van der Waals surface area contributed by atoms with E-state index < -0.39 is 24.1 Å². The Morgan fingerprint density at radius 2 is 1.62 bits per heavy atom. The van der Waals surface area contributed by atoms with Gasteiger partial charge in [-0.15, -0.1) is 0 Å². The van der Waals surface area contributed by atoms with Gasteiger partial charge in [0.1, 0.15) is 6.04 Å². The molecule has 0 heterocycles. The molecule has 0 aliphatic rings. The number of nitrogens with one attached hydrogen (secondary N) is 1. The number of aliphatic hydroxyl groups is 1. The van der Waals surface area contributed by atoms with Crippen LogP contribution in [0.5, 0.6) is 0 Å². The summed E-state index contributed by atoms with van der Waals surface area (Å²) in [5, 5.41) is 26.9. The van der Waals surface area contributed by atoms with E-state index in [0.29, 0.717) is 0 Å². The maximum Gasteiger partial charge on any atom is 0.323 e. The van der Waals surface area contributed by atoms with Gasteiger partial charge in [0, 0.05) is 6.92 Å². The number of hydrogen-bond acceptors (Lipinski definition) is 4. The lowest BCUT2D eigenvalue weighted by atomic mass is 10.2. The molecule has 2 unspecified atom stereocenters. The van der Waals surface area contributed by atoms with E-state index in [1.807, 2.05) is 0 Å². The molecule has 78 valence electrons. The summed E-state index contributed by atoms with van der Waals surface area (Å²) in [6.45, 7) is 2.51. The second kappa shape index (κ2) is 7.51. The van der Waals surface area contributed by atoms with Crippen LogP contribution < -0.4 is 5.32 Å². The van der Waals surface area contributed by atoms with Gasteiger partial charge in [-0.2, -0.15) is 0 Å². The monoisotopic (exact) mass is 193 g/mol. The van der Waals surface area contributed by atoms with E-state index in [9.17, 15) is 4.79 Å². The molecule has 0 aromatic carbocycles. The first kappa shape index (κ1) is 14.4. The minimum absolute atomic E-state index is 0.833. The lowest BCUT2D eigenvalue weighted by molar-refractivity contribution is -0.142. The van der Waals surface area contributed by atoms with Gasteiger partial charge in [-0.05, 0) is 14.0 Å². The van der Waals surface area contributed by atoms with E-state index >= 15 is 0 Å². The largest absolute Gasteiger partial charge is 0.481 e. The molecular weight excluding hydrogens is 178 g/mol. The summed E-state index contributed by atoms with van der Waals surface area (Å²) in [6, 6.07) is -0.856. The fraction of sp³-hybridized carbons (Fsp3) is 0.714. The molecule has 4 N–H and O–H groups in total. The zero-order chi connectivity index (χ0) is 11.0. The average Bonchev–Trinajstić information content (AvgIpc) is 1.84. The third-order valence-corrected chi connectivity index (χ3v) is 1.06. The Kier molecular flexibility index (Phi) is 8.31. The predicted molar refractivity (Wildman–Crippen MR) is 45.5 cm³/mol. The Hall–Kier alpha value is -1.14. The number of aliphatic carboxylic acids is 2. The number of carboxylic acids is 2. The van der Waals surface area contributed by atoms with E-state index in [-0.39, 0.29) is 0 Å². The maximum absolute atomic E-state index is 10.1. The molecule has 0 amide bonds. The molecule has 0 saturated heterocycles. The van der Waals surface area contributed by atoms with Crippen LogP contribution in [0.2, 0.25) is 0 Å². The molecule has 0 fully saturated rings. The zero-order valence-electron chi connectivity index (χ0n) is 7.81. The van der Waals surface area contributed by atoms with Crippen LogP contribution in [-0.2, 0) is 9.59 Å². The first-order valence-corrected chi connectivity index (χ1v) is 3.60. The third-order valence-electron chi connectivity index (χ3n) is 1.06. The summed E-state index contributed by atoms with van der Waals surface area (Å²) in [7, 11) is 1.49. The summed E-state index contributed by atoms with van der Waals surface area (Å²) < 4.78 is 0. The van der Waals surface area contributed by atoms with Crippen molar-refractivity contribution in [3.63, 3.8) is 0 Å². The summed E-state index contributed by atoms with van der Waals surface area (Å²) >= 11 is 0. The number of carbonyl (C=O) groups is 2. The van der Waals surface area contributed by atoms with Crippen LogP contribution in [0.15, 0.2) is 0 Å². The molecule has 0 spiro atoms. The number of rotatable bonds is 3. The summed E-state index contributed by atoms with van der Waals surface area (Å²) in [6.07, 6.45) is -0.854. The van der Waals surface area contributed by atoms with Gasteiger partial charge in [0.05, 0.1) is 6.10 Å². The van der Waals surface area contributed by atoms with Gasteiger partial charge in [0.2, 0.25) is 0 Å². The molecule has 0 saturated carbocycles. The van der Waals surface area contributed by atoms with Crippen molar-refractivity contribution >= 4 is 11.9 Å². The normalized spacial score (nSPS) is 13.5. The van der Waals surface area contributed by atoms with Crippen molar-refractivity contribution in [2.75, 3.05) is 7.05 Å². The van der Waals surface area contributed by atoms with E-state index in [4.69, 9.17) is 20.1 Å². The first-order chi connectivity index (χ1) is 5.82. The molecule has 6 nitrogen and oxygen atoms in total. The van der Waals surface area contributed by atoms with E-state index in [1.165, 1.54) is 14.0 Å². The highest BCUT2D eigenvalue weighted by molar-refractivity contribution is 5.74. The van der Waals surface area contributed by atoms with Crippen molar-refractivity contribution in [3.05, 3.63) is 0 Å². The molecule has 0 bridgehead atoms. The van der Waals surface area contributed by atoms with E-state index in [1.54, 1.807) is 0 Å². The van der Waals surface area contributed by atoms with Crippen molar-refractivity contribution in [1.82, 2.24) is 5.32 Å². The SMILES string of the molecule is CC(=O)O.CNC(C(=O)O)C(C)O. The number of hydrogen-bond donors (Lipinski definition) is 4. The molecule has 2 atom stereocenters. The Morgan fingerprint density at radius 3 is 1.62 bits per heavy atom. The predicted octanol–water partition coefficient (Wildman–Crippen LogP) is -0.869. The molecule has 0 radical (unpaired) electrons. The van der Waals surface area contributed by atoms with Gasteiger partial charge in [0.25, 0.3) is 5.97 Å². The topological polar surface area (TPSA) is 107 Å². The number of aliphatic hydroxyl groups excluding tert-OH is 1. The summed E-state index contributed by atoms with van der Waals surface area (Å²) in [4.78, 5) is 19.1. The van der Waals surface area contributed by atoms with Gasteiger partial charge in [0.15, 0.2) is 0 Å². The molecule has 0 aliphatic carbocycles. The second-order valence-electron chi connectivity index (χ2n) is 2.36. The molecular formula is C7H15NO5. The fourth-order valence-corrected chi connectivity index (χ4v) is 0.571. The van der Waals surface area contributed by atoms with Crippen molar-refractivity contribution in [2.45, 2.75) is 26.0 Å². The smallest absolute Gasteiger partial charge is 0.323 e. The third kappa shape index (κ3) is 10.9. The first-order valence-electron chi connectivity index (χ1n) is 3.60. The lowest BCUT2D eigenvalue weighted by Gasteiger charge is -2.12. The number of carboxylic acid groups (broad SMARTS) is 2. The van der Waals surface area contributed by atoms with Gasteiger partial charge in [-0.1, -0.05) is 0 Å². The lowest BCUT2D eigenvalue weighted by Crippen LogP contribution is -2.42. The standard InChI is InChI=1S/C5H11NO3.C2H4O2/c1-3(7)4(6-2)5(8)9;1-2(3)4/h3-4,6-7H,1-2H3,(H,8,9);1H3,(H,3,4). The van der Waals surface area contributed by atoms with Crippen LogP contribution in [0.1, 0.15) is 13.8 Å². The minimum Gasteiger partial charge on any atom is -0.481 e. The Labute approximate surface area is 76.2 Å². The van der Waals surface area contributed by atoms with Crippen LogP contribution >= 0.6 is 0 Å². The fourth-order valence-electron chi connectivity index (χ4n) is 0.571. The number of likely N-dealkylation sites (N-methyl/N-ethyl adjacent to an activating group) is 1. The average molecular weight is 193 g/mol. The second-order valence-corrected chi connectivity index (χ2v) is 2.36. The Morgan fingerprint density at radius 1 is 1.31 bits per heavy atom. The molecule has 6 heteroatoms.